The van der Waals surface area contributed by atoms with Crippen molar-refractivity contribution in [3.05, 3.63) is 0 Å². The van der Waals surface area contributed by atoms with E-state index in [1.807, 2.05) is 0 Å². The Morgan fingerprint density at radius 1 is 0.826 bits per heavy atom. The first-order valence-electron chi connectivity index (χ1n) is 10.3. The average molecular weight is 357 g/mol. The van der Waals surface area contributed by atoms with Crippen LogP contribution in [0.2, 0.25) is 36.3 Å². The SMILES string of the molecule is CC[Si](CC)(CC)OC[C@]12CC[C@H](C1)C2O[Si](CC)(CC)CC. The molecule has 3 aliphatic rings. The van der Waals surface area contributed by atoms with Crippen molar-refractivity contribution in [2.45, 2.75) is 103 Å². The van der Waals surface area contributed by atoms with Gasteiger partial charge >= 0.3 is 0 Å². The Kier molecular flexibility index (Phi) is 6.60. The summed E-state index contributed by atoms with van der Waals surface area (Å²) >= 11 is 0. The van der Waals surface area contributed by atoms with Crippen molar-refractivity contribution in [1.29, 1.82) is 0 Å². The molecule has 0 aliphatic heterocycles. The van der Waals surface area contributed by atoms with E-state index in [1.54, 1.807) is 0 Å². The first-order chi connectivity index (χ1) is 11.0. The van der Waals surface area contributed by atoms with Crippen LogP contribution in [-0.4, -0.2) is 29.3 Å². The summed E-state index contributed by atoms with van der Waals surface area (Å²) in [6, 6.07) is 7.63. The van der Waals surface area contributed by atoms with Crippen LogP contribution < -0.4 is 0 Å². The molecule has 3 saturated carbocycles. The fourth-order valence-electron chi connectivity index (χ4n) is 5.11. The van der Waals surface area contributed by atoms with Crippen LogP contribution >= 0.6 is 0 Å². The molecular formula is C19H40O2Si2. The third-order valence-corrected chi connectivity index (χ3v) is 16.9. The second kappa shape index (κ2) is 7.71. The standard InChI is InChI=1S/C19H40O2Si2/c1-7-22(8-2,9-3)20-16-19-14-13-17(15-19)18(19)21-23(10-4,11-5)12-6/h17-18H,7-16H2,1-6H3/t17-,18?,19+/m1/s1. The predicted octanol–water partition coefficient (Wildman–Crippen LogP) is 6.20. The zero-order chi connectivity index (χ0) is 17.1. The zero-order valence-corrected chi connectivity index (χ0v) is 18.5. The van der Waals surface area contributed by atoms with Crippen molar-refractivity contribution in [2.24, 2.45) is 11.3 Å². The lowest BCUT2D eigenvalue weighted by atomic mass is 9.67. The van der Waals surface area contributed by atoms with Crippen LogP contribution in [0.25, 0.3) is 0 Å². The molecule has 0 amide bonds. The summed E-state index contributed by atoms with van der Waals surface area (Å²) in [5.41, 5.74) is 0.389. The summed E-state index contributed by atoms with van der Waals surface area (Å²) < 4.78 is 13.7. The minimum Gasteiger partial charge on any atom is -0.416 e. The van der Waals surface area contributed by atoms with Gasteiger partial charge < -0.3 is 8.85 Å². The molecule has 0 aromatic carbocycles. The molecule has 0 heterocycles. The summed E-state index contributed by atoms with van der Waals surface area (Å²) in [7, 11) is -2.95. The van der Waals surface area contributed by atoms with E-state index in [4.69, 9.17) is 8.85 Å². The molecule has 3 fully saturated rings. The molecule has 3 aliphatic carbocycles. The molecule has 23 heavy (non-hydrogen) atoms. The fourth-order valence-corrected chi connectivity index (χ4v) is 10.8. The van der Waals surface area contributed by atoms with Crippen LogP contribution in [0.4, 0.5) is 0 Å². The maximum Gasteiger partial charge on any atom is 0.192 e. The second-order valence-electron chi connectivity index (χ2n) is 8.18. The second-order valence-corrected chi connectivity index (χ2v) is 17.7. The molecule has 3 rings (SSSR count). The molecule has 0 aromatic heterocycles. The van der Waals surface area contributed by atoms with Crippen molar-refractivity contribution >= 4 is 16.6 Å². The van der Waals surface area contributed by atoms with Crippen LogP contribution in [0, 0.1) is 11.3 Å². The lowest BCUT2D eigenvalue weighted by Crippen LogP contribution is -2.56. The first kappa shape index (κ1) is 19.7. The van der Waals surface area contributed by atoms with E-state index in [1.165, 1.54) is 55.5 Å². The van der Waals surface area contributed by atoms with Gasteiger partial charge in [-0.25, -0.2) is 0 Å². The number of hydrogen-bond donors (Lipinski definition) is 0. The third-order valence-electron chi connectivity index (χ3n) is 7.62. The highest BCUT2D eigenvalue weighted by Crippen LogP contribution is 2.61. The Morgan fingerprint density at radius 3 is 1.78 bits per heavy atom. The molecule has 3 atom stereocenters. The van der Waals surface area contributed by atoms with E-state index in [9.17, 15) is 0 Å². The van der Waals surface area contributed by atoms with Crippen LogP contribution in [0.15, 0.2) is 0 Å². The summed E-state index contributed by atoms with van der Waals surface area (Å²) in [6.07, 6.45) is 4.65. The molecule has 0 saturated heterocycles. The third kappa shape index (κ3) is 3.51. The summed E-state index contributed by atoms with van der Waals surface area (Å²) in [4.78, 5) is 0. The molecule has 0 N–H and O–H groups in total. The van der Waals surface area contributed by atoms with Crippen LogP contribution in [0.3, 0.4) is 0 Å². The smallest absolute Gasteiger partial charge is 0.192 e. The Balaban J connectivity index is 2.03. The molecule has 4 heteroatoms. The topological polar surface area (TPSA) is 18.5 Å². The van der Waals surface area contributed by atoms with Gasteiger partial charge in [-0.15, -0.1) is 0 Å². The van der Waals surface area contributed by atoms with Gasteiger partial charge in [0.05, 0.1) is 6.10 Å². The zero-order valence-electron chi connectivity index (χ0n) is 16.5. The van der Waals surface area contributed by atoms with Crippen molar-refractivity contribution in [2.75, 3.05) is 6.61 Å². The summed E-state index contributed by atoms with van der Waals surface area (Å²) in [5.74, 6) is 0.844. The lowest BCUT2D eigenvalue weighted by Gasteiger charge is -2.52. The monoisotopic (exact) mass is 356 g/mol. The van der Waals surface area contributed by atoms with E-state index in [0.717, 1.165) is 12.5 Å². The van der Waals surface area contributed by atoms with Gasteiger partial charge in [-0.2, -0.15) is 0 Å². The fraction of sp³-hybridized carbons (Fsp3) is 1.00. The average Bonchev–Trinajstić information content (AvgIpc) is 3.17. The van der Waals surface area contributed by atoms with E-state index < -0.39 is 16.6 Å². The van der Waals surface area contributed by atoms with Gasteiger partial charge in [-0.05, 0) is 61.4 Å². The molecule has 1 unspecified atom stereocenters. The van der Waals surface area contributed by atoms with Gasteiger partial charge in [-0.3, -0.25) is 0 Å². The predicted molar refractivity (Wildman–Crippen MR) is 105 cm³/mol. The molecule has 2 nitrogen and oxygen atoms in total. The van der Waals surface area contributed by atoms with Gasteiger partial charge in [0.25, 0.3) is 0 Å². The maximum absolute atomic E-state index is 6.95. The summed E-state index contributed by atoms with van der Waals surface area (Å²) in [6.45, 7) is 15.1. The Hall–Kier alpha value is 0.354. The van der Waals surface area contributed by atoms with Gasteiger partial charge in [0.1, 0.15) is 0 Å². The quantitative estimate of drug-likeness (QED) is 0.410. The van der Waals surface area contributed by atoms with E-state index in [-0.39, 0.29) is 0 Å². The highest BCUT2D eigenvalue weighted by atomic mass is 28.4. The van der Waals surface area contributed by atoms with Crippen LogP contribution in [0.1, 0.15) is 60.8 Å². The van der Waals surface area contributed by atoms with Crippen molar-refractivity contribution in [3.63, 3.8) is 0 Å². The largest absolute Gasteiger partial charge is 0.416 e. The highest BCUT2D eigenvalue weighted by molar-refractivity contribution is 6.74. The van der Waals surface area contributed by atoms with Crippen LogP contribution in [0.5, 0.6) is 0 Å². The van der Waals surface area contributed by atoms with Gasteiger partial charge in [0.15, 0.2) is 16.6 Å². The van der Waals surface area contributed by atoms with Crippen molar-refractivity contribution < 1.29 is 8.85 Å². The maximum atomic E-state index is 6.95. The molecular weight excluding hydrogens is 316 g/mol. The minimum atomic E-state index is -1.48. The number of rotatable bonds is 11. The van der Waals surface area contributed by atoms with Crippen molar-refractivity contribution in [3.8, 4) is 0 Å². The van der Waals surface area contributed by atoms with E-state index in [0.29, 0.717) is 11.5 Å². The first-order valence-corrected chi connectivity index (χ1v) is 15.4. The normalized spacial score (nSPS) is 30.5. The van der Waals surface area contributed by atoms with E-state index >= 15 is 0 Å². The lowest BCUT2D eigenvalue weighted by molar-refractivity contribution is -0.0821. The molecule has 0 spiro atoms. The van der Waals surface area contributed by atoms with Crippen molar-refractivity contribution in [1.82, 2.24) is 0 Å². The Morgan fingerprint density at radius 2 is 1.35 bits per heavy atom. The van der Waals surface area contributed by atoms with Gasteiger partial charge in [0.2, 0.25) is 0 Å². The molecule has 0 aromatic rings. The molecule has 0 radical (unpaired) electrons. The summed E-state index contributed by atoms with van der Waals surface area (Å²) in [5, 5.41) is 0. The van der Waals surface area contributed by atoms with E-state index in [2.05, 4.69) is 41.5 Å². The number of fused-ring (bicyclic) bond motifs is 1. The van der Waals surface area contributed by atoms with Gasteiger partial charge in [0, 0.05) is 12.0 Å². The molecule has 136 valence electrons. The highest BCUT2D eigenvalue weighted by Gasteiger charge is 2.61. The Labute approximate surface area is 147 Å². The molecule has 2 bridgehead atoms. The van der Waals surface area contributed by atoms with Crippen LogP contribution in [-0.2, 0) is 8.85 Å². The Bertz CT molecular complexity index is 359. The minimum absolute atomic E-state index is 0.389. The van der Waals surface area contributed by atoms with Gasteiger partial charge in [-0.1, -0.05) is 41.5 Å². The number of hydrogen-bond acceptors (Lipinski definition) is 2.